The van der Waals surface area contributed by atoms with Crippen molar-refractivity contribution < 1.29 is 35.7 Å². The number of hydrogen-bond donors (Lipinski definition) is 2. The van der Waals surface area contributed by atoms with Crippen molar-refractivity contribution in [3.63, 3.8) is 0 Å². The quantitative estimate of drug-likeness (QED) is 0.151. The first-order valence-electron chi connectivity index (χ1n) is 14.5. The van der Waals surface area contributed by atoms with Crippen molar-refractivity contribution >= 4 is 35.4 Å². The summed E-state index contributed by atoms with van der Waals surface area (Å²) in [5.74, 6) is -2.17. The van der Waals surface area contributed by atoms with E-state index in [-0.39, 0.29) is 34.2 Å². The number of halogens is 7. The first-order valence-corrected chi connectivity index (χ1v) is 14.9. The van der Waals surface area contributed by atoms with Gasteiger partial charge in [-0.1, -0.05) is 44.0 Å². The Morgan fingerprint density at radius 1 is 1.07 bits per heavy atom. The average Bonchev–Trinajstić information content (AvgIpc) is 3.20. The highest BCUT2D eigenvalue weighted by molar-refractivity contribution is 6.31. The van der Waals surface area contributed by atoms with Crippen LogP contribution in [0.3, 0.4) is 0 Å². The lowest BCUT2D eigenvalue weighted by Gasteiger charge is -2.29. The lowest BCUT2D eigenvalue weighted by Crippen LogP contribution is -2.50. The lowest BCUT2D eigenvalue weighted by molar-refractivity contribution is -0.633. The van der Waals surface area contributed by atoms with Crippen molar-refractivity contribution in [3.05, 3.63) is 64.7 Å². The monoisotopic (exact) mass is 629 g/mol. The summed E-state index contributed by atoms with van der Waals surface area (Å²) < 4.78 is 86.1. The minimum absolute atomic E-state index is 0.0251. The number of hydrogen-bond acceptors (Lipinski definition) is 2. The molecule has 2 heterocycles. The Balaban J connectivity index is 1.81. The summed E-state index contributed by atoms with van der Waals surface area (Å²) in [5, 5.41) is 5.65. The summed E-state index contributed by atoms with van der Waals surface area (Å²) >= 11 is 6.05. The minimum atomic E-state index is -4.62. The molecule has 43 heavy (non-hydrogen) atoms. The molecule has 5 atom stereocenters. The first kappa shape index (κ1) is 32.8. The van der Waals surface area contributed by atoms with Gasteiger partial charge in [0.25, 0.3) is 11.9 Å². The van der Waals surface area contributed by atoms with Gasteiger partial charge >= 0.3 is 12.4 Å². The molecular formula is C31H36ClF6N4O+. The highest BCUT2D eigenvalue weighted by Gasteiger charge is 2.58. The van der Waals surface area contributed by atoms with Gasteiger partial charge in [-0.25, -0.2) is 9.57 Å². The van der Waals surface area contributed by atoms with E-state index in [1.165, 1.54) is 35.8 Å². The van der Waals surface area contributed by atoms with Crippen molar-refractivity contribution in [1.82, 2.24) is 5.32 Å². The van der Waals surface area contributed by atoms with Crippen LogP contribution >= 0.6 is 11.6 Å². The zero-order valence-electron chi connectivity index (χ0n) is 24.0. The van der Waals surface area contributed by atoms with Crippen LogP contribution in [0.1, 0.15) is 74.7 Å². The van der Waals surface area contributed by atoms with E-state index in [9.17, 15) is 31.1 Å². The number of amides is 1. The zero-order chi connectivity index (χ0) is 31.4. The average molecular weight is 630 g/mol. The van der Waals surface area contributed by atoms with Gasteiger partial charge in [-0.3, -0.25) is 10.1 Å². The second kappa shape index (κ2) is 13.7. The van der Waals surface area contributed by atoms with Gasteiger partial charge in [0.2, 0.25) is 5.96 Å². The van der Waals surface area contributed by atoms with Gasteiger partial charge in [0.1, 0.15) is 6.21 Å². The Bertz CT molecular complexity index is 1340. The van der Waals surface area contributed by atoms with Gasteiger partial charge < -0.3 is 5.32 Å². The molecule has 5 nitrogen and oxygen atoms in total. The SMILES string of the molecule is CCCC1CC2CCCCC=[N+]2C(C(F)(F)F)C(C)C1N=C(NC(=O)c1cccc(Cl)c1)Nc1cccc(C(F)(F)F)c1. The van der Waals surface area contributed by atoms with E-state index in [1.807, 2.05) is 6.92 Å². The molecule has 2 aliphatic rings. The van der Waals surface area contributed by atoms with Crippen LogP contribution in [0.25, 0.3) is 0 Å². The summed E-state index contributed by atoms with van der Waals surface area (Å²) in [7, 11) is 0. The number of carbonyl (C=O) groups excluding carboxylic acids is 1. The highest BCUT2D eigenvalue weighted by Crippen LogP contribution is 2.41. The molecule has 2 aromatic rings. The number of nitrogens with one attached hydrogen (secondary N) is 2. The molecule has 1 fully saturated rings. The molecule has 2 aromatic carbocycles. The summed E-state index contributed by atoms with van der Waals surface area (Å²) in [6.07, 6.45) is -2.86. The third kappa shape index (κ3) is 8.31. The molecule has 0 aliphatic carbocycles. The Labute approximate surface area is 252 Å². The number of nitrogens with zero attached hydrogens (tertiary/aromatic N) is 2. The lowest BCUT2D eigenvalue weighted by atomic mass is 9.81. The largest absolute Gasteiger partial charge is 0.451 e. The number of benzene rings is 2. The maximum absolute atomic E-state index is 14.8. The first-order chi connectivity index (χ1) is 20.3. The van der Waals surface area contributed by atoms with E-state index in [0.29, 0.717) is 32.1 Å². The zero-order valence-corrected chi connectivity index (χ0v) is 24.7. The Morgan fingerprint density at radius 3 is 2.49 bits per heavy atom. The Hall–Kier alpha value is -3.08. The number of aliphatic imine (C=N–C) groups is 1. The van der Waals surface area contributed by atoms with Crippen LogP contribution in [0, 0.1) is 11.8 Å². The third-order valence-electron chi connectivity index (χ3n) is 8.21. The van der Waals surface area contributed by atoms with Crippen molar-refractivity contribution in [2.75, 3.05) is 5.32 Å². The molecule has 0 spiro atoms. The van der Waals surface area contributed by atoms with E-state index in [0.717, 1.165) is 25.0 Å². The van der Waals surface area contributed by atoms with Crippen molar-refractivity contribution in [1.29, 1.82) is 0 Å². The predicted molar refractivity (Wildman–Crippen MR) is 156 cm³/mol. The van der Waals surface area contributed by atoms with Crippen LogP contribution in [0.2, 0.25) is 5.02 Å². The van der Waals surface area contributed by atoms with Crippen LogP contribution in [-0.2, 0) is 6.18 Å². The molecular weight excluding hydrogens is 594 g/mol. The Morgan fingerprint density at radius 2 is 1.81 bits per heavy atom. The summed E-state index contributed by atoms with van der Waals surface area (Å²) in [6, 6.07) is 7.36. The van der Waals surface area contributed by atoms with Crippen molar-refractivity contribution in [2.45, 2.75) is 89.3 Å². The van der Waals surface area contributed by atoms with E-state index >= 15 is 0 Å². The number of carbonyl (C=O) groups is 1. The van der Waals surface area contributed by atoms with Crippen LogP contribution < -0.4 is 10.6 Å². The topological polar surface area (TPSA) is 56.5 Å². The van der Waals surface area contributed by atoms with Crippen LogP contribution in [-0.4, -0.2) is 47.0 Å². The number of alkyl halides is 6. The molecule has 0 aromatic heterocycles. The van der Waals surface area contributed by atoms with Crippen LogP contribution in [0.15, 0.2) is 53.5 Å². The van der Waals surface area contributed by atoms with Crippen LogP contribution in [0.4, 0.5) is 32.0 Å². The van der Waals surface area contributed by atoms with E-state index in [2.05, 4.69) is 10.6 Å². The fourth-order valence-electron chi connectivity index (χ4n) is 6.33. The second-order valence-electron chi connectivity index (χ2n) is 11.3. The molecule has 12 heteroatoms. The number of fused-ring (bicyclic) bond motifs is 1. The summed E-state index contributed by atoms with van der Waals surface area (Å²) in [6.45, 7) is 3.48. The number of guanidine groups is 1. The van der Waals surface area contributed by atoms with Gasteiger partial charge in [0.05, 0.1) is 11.6 Å². The second-order valence-corrected chi connectivity index (χ2v) is 11.8. The molecule has 1 saturated heterocycles. The normalized spacial score (nSPS) is 25.2. The third-order valence-corrected chi connectivity index (χ3v) is 8.45. The highest BCUT2D eigenvalue weighted by atomic mass is 35.5. The molecule has 5 unspecified atom stereocenters. The molecule has 0 saturated carbocycles. The van der Waals surface area contributed by atoms with E-state index in [4.69, 9.17) is 16.6 Å². The van der Waals surface area contributed by atoms with Crippen molar-refractivity contribution in [3.8, 4) is 0 Å². The minimum Gasteiger partial charge on any atom is -0.326 e. The van der Waals surface area contributed by atoms with Gasteiger partial charge in [0, 0.05) is 41.5 Å². The smallest absolute Gasteiger partial charge is 0.326 e. The molecule has 2 N–H and O–H groups in total. The maximum atomic E-state index is 14.8. The van der Waals surface area contributed by atoms with Crippen LogP contribution in [0.5, 0.6) is 0 Å². The van der Waals surface area contributed by atoms with Gasteiger partial charge in [-0.05, 0) is 61.6 Å². The molecule has 1 amide bonds. The maximum Gasteiger partial charge on any atom is 0.451 e. The summed E-state index contributed by atoms with van der Waals surface area (Å²) in [4.78, 5) is 17.9. The molecule has 4 rings (SSSR count). The van der Waals surface area contributed by atoms with E-state index < -0.39 is 41.8 Å². The predicted octanol–water partition coefficient (Wildman–Crippen LogP) is 8.34. The fourth-order valence-corrected chi connectivity index (χ4v) is 6.52. The van der Waals surface area contributed by atoms with Gasteiger partial charge in [0.15, 0.2) is 6.04 Å². The van der Waals surface area contributed by atoms with Gasteiger partial charge in [-0.2, -0.15) is 26.3 Å². The molecule has 2 aliphatic heterocycles. The standard InChI is InChI=1S/C31H35ClF6N4O/c1-3-9-20-17-25-14-5-4-6-15-42(25)27(31(36,37)38)19(2)26(20)40-29(41-28(43)21-10-7-12-23(32)16-21)39-24-13-8-11-22(18-24)30(33,34)35/h7-8,10-13,15-16,18-20,25-27H,3-6,9,14,17H2,1-2H3,(H-,39,40,41,43)/p+1. The number of anilines is 1. The fraction of sp³-hybridized carbons (Fsp3) is 0.516. The molecule has 0 radical (unpaired) electrons. The summed E-state index contributed by atoms with van der Waals surface area (Å²) in [5.41, 5.74) is -0.797. The van der Waals surface area contributed by atoms with E-state index in [1.54, 1.807) is 18.3 Å². The van der Waals surface area contributed by atoms with Gasteiger partial charge in [-0.15, -0.1) is 0 Å². The number of rotatable bonds is 5. The van der Waals surface area contributed by atoms with Crippen molar-refractivity contribution in [2.24, 2.45) is 16.8 Å². The Kier molecular flexibility index (Phi) is 10.5. The molecule has 0 bridgehead atoms. The molecule has 234 valence electrons.